The fraction of sp³-hybridized carbons (Fsp3) is 0.308. The second-order valence-corrected chi connectivity index (χ2v) is 4.21. The lowest BCUT2D eigenvalue weighted by atomic mass is 10.1. The van der Waals surface area contributed by atoms with Gasteiger partial charge >= 0.3 is 0 Å². The van der Waals surface area contributed by atoms with Crippen LogP contribution in [0, 0.1) is 5.82 Å². The molecule has 4 nitrogen and oxygen atoms in total. The van der Waals surface area contributed by atoms with E-state index in [0.29, 0.717) is 17.9 Å². The molecule has 0 aliphatic rings. The minimum absolute atomic E-state index is 0.280. The molecular formula is C13H16FN3O. The number of ether oxygens (including phenoxy) is 1. The van der Waals surface area contributed by atoms with E-state index in [-0.39, 0.29) is 11.9 Å². The number of imidazole rings is 1. The van der Waals surface area contributed by atoms with Gasteiger partial charge in [-0.2, -0.15) is 0 Å². The zero-order chi connectivity index (χ0) is 13.1. The predicted octanol–water partition coefficient (Wildman–Crippen LogP) is 2.16. The van der Waals surface area contributed by atoms with Crippen LogP contribution in [0.5, 0.6) is 5.75 Å². The largest absolute Gasteiger partial charge is 0.485 e. The Balaban J connectivity index is 2.16. The van der Waals surface area contributed by atoms with Gasteiger partial charge < -0.3 is 15.0 Å². The molecule has 0 spiro atoms. The first kappa shape index (κ1) is 12.6. The maximum atomic E-state index is 13.2. The van der Waals surface area contributed by atoms with Crippen LogP contribution in [0.3, 0.4) is 0 Å². The molecule has 1 heterocycles. The average molecular weight is 249 g/mol. The van der Waals surface area contributed by atoms with Crippen LogP contribution < -0.4 is 10.5 Å². The lowest BCUT2D eigenvalue weighted by Crippen LogP contribution is -2.10. The summed E-state index contributed by atoms with van der Waals surface area (Å²) in [7, 11) is 1.89. The van der Waals surface area contributed by atoms with Crippen molar-refractivity contribution in [3.8, 4) is 5.75 Å². The van der Waals surface area contributed by atoms with Crippen LogP contribution in [0.15, 0.2) is 30.6 Å². The second-order valence-electron chi connectivity index (χ2n) is 4.21. The molecule has 2 aromatic rings. The summed E-state index contributed by atoms with van der Waals surface area (Å²) in [6.07, 6.45) is 3.55. The number of hydrogen-bond donors (Lipinski definition) is 1. The molecule has 1 aromatic carbocycles. The molecule has 0 aliphatic heterocycles. The molecule has 1 aromatic heterocycles. The number of hydrogen-bond acceptors (Lipinski definition) is 3. The van der Waals surface area contributed by atoms with Gasteiger partial charge in [0.15, 0.2) is 0 Å². The van der Waals surface area contributed by atoms with E-state index in [9.17, 15) is 4.39 Å². The Morgan fingerprint density at radius 3 is 2.89 bits per heavy atom. The Kier molecular flexibility index (Phi) is 3.62. The van der Waals surface area contributed by atoms with Gasteiger partial charge in [-0.3, -0.25) is 0 Å². The third-order valence-corrected chi connectivity index (χ3v) is 2.74. The standard InChI is InChI=1S/C13H16FN3O/c1-9(15)11-7-10(14)3-4-12(11)18-8-13-16-5-6-17(13)2/h3-7,9H,8,15H2,1-2H3/t9-/m1/s1. The molecule has 0 amide bonds. The minimum Gasteiger partial charge on any atom is -0.485 e. The van der Waals surface area contributed by atoms with E-state index in [0.717, 1.165) is 5.82 Å². The average Bonchev–Trinajstić information content (AvgIpc) is 2.73. The molecule has 2 N–H and O–H groups in total. The zero-order valence-electron chi connectivity index (χ0n) is 10.4. The summed E-state index contributed by atoms with van der Waals surface area (Å²) < 4.78 is 20.7. The van der Waals surface area contributed by atoms with Gasteiger partial charge in [0.25, 0.3) is 0 Å². The first-order valence-electron chi connectivity index (χ1n) is 5.72. The van der Waals surface area contributed by atoms with Crippen LogP contribution in [0.25, 0.3) is 0 Å². The SMILES string of the molecule is C[C@@H](N)c1cc(F)ccc1OCc1nccn1C. The zero-order valence-corrected chi connectivity index (χ0v) is 10.4. The molecule has 0 bridgehead atoms. The number of aromatic nitrogens is 2. The summed E-state index contributed by atoms with van der Waals surface area (Å²) >= 11 is 0. The molecule has 2 rings (SSSR count). The topological polar surface area (TPSA) is 53.1 Å². The van der Waals surface area contributed by atoms with Crippen molar-refractivity contribution in [3.05, 3.63) is 47.8 Å². The Hall–Kier alpha value is -1.88. The highest BCUT2D eigenvalue weighted by atomic mass is 19.1. The van der Waals surface area contributed by atoms with Crippen LogP contribution in [0.1, 0.15) is 24.4 Å². The van der Waals surface area contributed by atoms with E-state index in [4.69, 9.17) is 10.5 Å². The molecule has 0 aliphatic carbocycles. The Labute approximate surface area is 105 Å². The first-order valence-corrected chi connectivity index (χ1v) is 5.72. The van der Waals surface area contributed by atoms with Crippen molar-refractivity contribution in [2.75, 3.05) is 0 Å². The molecule has 0 radical (unpaired) electrons. The van der Waals surface area contributed by atoms with Gasteiger partial charge in [0, 0.05) is 31.0 Å². The lowest BCUT2D eigenvalue weighted by molar-refractivity contribution is 0.287. The lowest BCUT2D eigenvalue weighted by Gasteiger charge is -2.14. The van der Waals surface area contributed by atoms with Crippen molar-refractivity contribution >= 4 is 0 Å². The highest BCUT2D eigenvalue weighted by Gasteiger charge is 2.10. The van der Waals surface area contributed by atoms with Crippen molar-refractivity contribution in [2.24, 2.45) is 12.8 Å². The van der Waals surface area contributed by atoms with Gasteiger partial charge in [0.1, 0.15) is 24.0 Å². The Morgan fingerprint density at radius 2 is 2.28 bits per heavy atom. The Morgan fingerprint density at radius 1 is 1.50 bits per heavy atom. The maximum absolute atomic E-state index is 13.2. The third-order valence-electron chi connectivity index (χ3n) is 2.74. The van der Waals surface area contributed by atoms with Crippen molar-refractivity contribution in [1.29, 1.82) is 0 Å². The maximum Gasteiger partial charge on any atom is 0.146 e. The van der Waals surface area contributed by atoms with E-state index in [1.807, 2.05) is 17.8 Å². The van der Waals surface area contributed by atoms with E-state index < -0.39 is 0 Å². The van der Waals surface area contributed by atoms with Gasteiger partial charge in [-0.05, 0) is 25.1 Å². The van der Waals surface area contributed by atoms with Gasteiger partial charge in [0.05, 0.1) is 0 Å². The number of nitrogens with two attached hydrogens (primary N) is 1. The first-order chi connectivity index (χ1) is 8.58. The highest BCUT2D eigenvalue weighted by Crippen LogP contribution is 2.25. The van der Waals surface area contributed by atoms with E-state index in [2.05, 4.69) is 4.98 Å². The van der Waals surface area contributed by atoms with E-state index >= 15 is 0 Å². The molecule has 0 saturated carbocycles. The van der Waals surface area contributed by atoms with E-state index in [1.165, 1.54) is 12.1 Å². The van der Waals surface area contributed by atoms with Crippen LogP contribution in [-0.2, 0) is 13.7 Å². The molecule has 0 fully saturated rings. The van der Waals surface area contributed by atoms with Crippen molar-refractivity contribution < 1.29 is 9.13 Å². The van der Waals surface area contributed by atoms with E-state index in [1.54, 1.807) is 19.2 Å². The summed E-state index contributed by atoms with van der Waals surface area (Å²) in [6.45, 7) is 2.12. The monoisotopic (exact) mass is 249 g/mol. The van der Waals surface area contributed by atoms with Gasteiger partial charge in [-0.25, -0.2) is 9.37 Å². The molecule has 1 atom stereocenters. The summed E-state index contributed by atoms with van der Waals surface area (Å²) in [4.78, 5) is 4.16. The fourth-order valence-corrected chi connectivity index (χ4v) is 1.68. The number of nitrogens with zero attached hydrogens (tertiary/aromatic N) is 2. The summed E-state index contributed by atoms with van der Waals surface area (Å²) in [6, 6.07) is 4.08. The van der Waals surface area contributed by atoms with Crippen molar-refractivity contribution in [1.82, 2.24) is 9.55 Å². The predicted molar refractivity (Wildman–Crippen MR) is 66.5 cm³/mol. The highest BCUT2D eigenvalue weighted by molar-refractivity contribution is 5.36. The third kappa shape index (κ3) is 2.68. The van der Waals surface area contributed by atoms with Crippen LogP contribution in [0.4, 0.5) is 4.39 Å². The molecule has 5 heteroatoms. The fourth-order valence-electron chi connectivity index (χ4n) is 1.68. The quantitative estimate of drug-likeness (QED) is 0.903. The summed E-state index contributed by atoms with van der Waals surface area (Å²) in [5.74, 6) is 1.08. The second kappa shape index (κ2) is 5.18. The number of aryl methyl sites for hydroxylation is 1. The number of halogens is 1. The normalized spacial score (nSPS) is 12.4. The molecule has 18 heavy (non-hydrogen) atoms. The molecule has 0 unspecified atom stereocenters. The molecule has 96 valence electrons. The summed E-state index contributed by atoms with van der Waals surface area (Å²) in [5.41, 5.74) is 6.45. The van der Waals surface area contributed by atoms with Gasteiger partial charge in [-0.1, -0.05) is 0 Å². The van der Waals surface area contributed by atoms with Crippen LogP contribution in [-0.4, -0.2) is 9.55 Å². The van der Waals surface area contributed by atoms with Gasteiger partial charge in [0.2, 0.25) is 0 Å². The summed E-state index contributed by atoms with van der Waals surface area (Å²) in [5, 5.41) is 0. The molecule has 0 saturated heterocycles. The van der Waals surface area contributed by atoms with Crippen molar-refractivity contribution in [3.63, 3.8) is 0 Å². The smallest absolute Gasteiger partial charge is 0.146 e. The van der Waals surface area contributed by atoms with Crippen LogP contribution >= 0.6 is 0 Å². The molecular weight excluding hydrogens is 233 g/mol. The number of benzene rings is 1. The Bertz CT molecular complexity index is 537. The minimum atomic E-state index is -0.313. The van der Waals surface area contributed by atoms with Crippen molar-refractivity contribution in [2.45, 2.75) is 19.6 Å². The van der Waals surface area contributed by atoms with Crippen LogP contribution in [0.2, 0.25) is 0 Å². The number of rotatable bonds is 4. The van der Waals surface area contributed by atoms with Gasteiger partial charge in [-0.15, -0.1) is 0 Å².